The fourth-order valence-corrected chi connectivity index (χ4v) is 3.85. The fraction of sp³-hybridized carbons (Fsp3) is 0.208. The van der Waals surface area contributed by atoms with Gasteiger partial charge in [0, 0.05) is 13.5 Å². The minimum atomic E-state index is -0.830. The number of hydroxylamine groups is 2. The van der Waals surface area contributed by atoms with Crippen molar-refractivity contribution in [3.8, 4) is 17.2 Å². The highest BCUT2D eigenvalue weighted by molar-refractivity contribution is 5.80. The van der Waals surface area contributed by atoms with Gasteiger partial charge < -0.3 is 9.47 Å². The summed E-state index contributed by atoms with van der Waals surface area (Å²) in [5, 5.41) is 1.72. The van der Waals surface area contributed by atoms with Crippen molar-refractivity contribution in [2.75, 3.05) is 7.05 Å². The molecule has 2 aliphatic heterocycles. The quantitative estimate of drug-likeness (QED) is 0.600. The number of rotatable bonds is 3. The van der Waals surface area contributed by atoms with Gasteiger partial charge in [-0.3, -0.25) is 0 Å². The predicted octanol–water partition coefficient (Wildman–Crippen LogP) is 5.45. The van der Waals surface area contributed by atoms with Crippen LogP contribution >= 0.6 is 0 Å². The first-order chi connectivity index (χ1) is 14.1. The smallest absolute Gasteiger partial charge is 0.220 e. The third-order valence-corrected chi connectivity index (χ3v) is 5.34. The SMILES string of the molecule is CC1=NC2(CC(c3ccccc3)Oc3ccc(Oc4ccccc4)cc32)ON1C. The molecule has 5 rings (SSSR count). The van der Waals surface area contributed by atoms with Gasteiger partial charge in [-0.25, -0.2) is 14.9 Å². The van der Waals surface area contributed by atoms with Gasteiger partial charge in [0.05, 0.1) is 5.56 Å². The van der Waals surface area contributed by atoms with Crippen LogP contribution in [0.25, 0.3) is 0 Å². The van der Waals surface area contributed by atoms with E-state index in [2.05, 4.69) is 12.1 Å². The molecule has 0 radical (unpaired) electrons. The van der Waals surface area contributed by atoms with E-state index in [9.17, 15) is 0 Å². The lowest BCUT2D eigenvalue weighted by Crippen LogP contribution is -2.35. The number of para-hydroxylation sites is 1. The van der Waals surface area contributed by atoms with Crippen LogP contribution in [-0.2, 0) is 10.6 Å². The van der Waals surface area contributed by atoms with E-state index in [0.717, 1.165) is 34.2 Å². The van der Waals surface area contributed by atoms with E-state index < -0.39 is 5.72 Å². The van der Waals surface area contributed by atoms with E-state index in [1.807, 2.05) is 80.7 Å². The lowest BCUT2D eigenvalue weighted by atomic mass is 9.90. The maximum atomic E-state index is 6.36. The molecule has 0 saturated heterocycles. The summed E-state index contributed by atoms with van der Waals surface area (Å²) in [4.78, 5) is 11.2. The van der Waals surface area contributed by atoms with Gasteiger partial charge in [0.15, 0.2) is 0 Å². The second-order valence-electron chi connectivity index (χ2n) is 7.33. The summed E-state index contributed by atoms with van der Waals surface area (Å²) in [6.45, 7) is 1.95. The molecule has 0 N–H and O–H groups in total. The van der Waals surface area contributed by atoms with E-state index >= 15 is 0 Å². The first-order valence-corrected chi connectivity index (χ1v) is 9.71. The molecule has 3 aromatic rings. The number of benzene rings is 3. The van der Waals surface area contributed by atoms with Gasteiger partial charge in [-0.05, 0) is 42.8 Å². The molecule has 146 valence electrons. The van der Waals surface area contributed by atoms with Gasteiger partial charge in [0.1, 0.15) is 29.2 Å². The van der Waals surface area contributed by atoms with Gasteiger partial charge in [-0.1, -0.05) is 48.5 Å². The zero-order valence-corrected chi connectivity index (χ0v) is 16.4. The second kappa shape index (κ2) is 6.94. The first-order valence-electron chi connectivity index (χ1n) is 9.71. The standard InChI is InChI=1S/C24H22N2O3/c1-17-25-24(29-26(17)2)16-23(18-9-5-3-6-10-18)28-22-14-13-20(15-21(22)24)27-19-11-7-4-8-12-19/h3-15,23H,16H2,1-2H3. The Balaban J connectivity index is 1.56. The summed E-state index contributed by atoms with van der Waals surface area (Å²) in [6.07, 6.45) is 0.438. The molecule has 0 aliphatic carbocycles. The van der Waals surface area contributed by atoms with Crippen LogP contribution in [0, 0.1) is 0 Å². The Morgan fingerprint density at radius 3 is 2.38 bits per heavy atom. The molecule has 0 aromatic heterocycles. The molecular formula is C24H22N2O3. The average Bonchev–Trinajstić information content (AvgIpc) is 3.03. The molecule has 2 aliphatic rings. The van der Waals surface area contributed by atoms with Crippen molar-refractivity contribution in [3.63, 3.8) is 0 Å². The van der Waals surface area contributed by atoms with Crippen molar-refractivity contribution in [3.05, 3.63) is 90.0 Å². The van der Waals surface area contributed by atoms with E-state index in [4.69, 9.17) is 19.3 Å². The number of nitrogens with zero attached hydrogens (tertiary/aromatic N) is 2. The first kappa shape index (κ1) is 17.8. The third-order valence-electron chi connectivity index (χ3n) is 5.34. The monoisotopic (exact) mass is 386 g/mol. The number of hydrogen-bond acceptors (Lipinski definition) is 5. The Morgan fingerprint density at radius 1 is 0.966 bits per heavy atom. The van der Waals surface area contributed by atoms with Crippen molar-refractivity contribution in [2.45, 2.75) is 25.2 Å². The molecule has 0 bridgehead atoms. The Morgan fingerprint density at radius 2 is 1.69 bits per heavy atom. The molecular weight excluding hydrogens is 364 g/mol. The predicted molar refractivity (Wildman–Crippen MR) is 111 cm³/mol. The summed E-state index contributed by atoms with van der Waals surface area (Å²) < 4.78 is 12.4. The van der Waals surface area contributed by atoms with Crippen LogP contribution in [-0.4, -0.2) is 17.9 Å². The highest BCUT2D eigenvalue weighted by Crippen LogP contribution is 2.51. The van der Waals surface area contributed by atoms with Crippen LogP contribution in [0.2, 0.25) is 0 Å². The number of hydrogen-bond donors (Lipinski definition) is 0. The van der Waals surface area contributed by atoms with Gasteiger partial charge >= 0.3 is 0 Å². The Labute approximate surface area is 170 Å². The van der Waals surface area contributed by atoms with E-state index in [1.165, 1.54) is 0 Å². The van der Waals surface area contributed by atoms with Crippen LogP contribution in [0.5, 0.6) is 17.2 Å². The van der Waals surface area contributed by atoms with Crippen molar-refractivity contribution in [1.82, 2.24) is 5.06 Å². The van der Waals surface area contributed by atoms with Gasteiger partial charge in [-0.2, -0.15) is 0 Å². The average molecular weight is 386 g/mol. The summed E-state index contributed by atoms with van der Waals surface area (Å²) in [5.74, 6) is 3.10. The van der Waals surface area contributed by atoms with Crippen LogP contribution in [0.1, 0.15) is 30.6 Å². The van der Waals surface area contributed by atoms with Crippen molar-refractivity contribution < 1.29 is 14.3 Å². The van der Waals surface area contributed by atoms with Gasteiger partial charge in [0.2, 0.25) is 5.72 Å². The zero-order valence-electron chi connectivity index (χ0n) is 16.4. The fourth-order valence-electron chi connectivity index (χ4n) is 3.85. The molecule has 0 saturated carbocycles. The summed E-state index contributed by atoms with van der Waals surface area (Å²) in [6, 6.07) is 25.8. The molecule has 2 heterocycles. The van der Waals surface area contributed by atoms with Crippen LogP contribution in [0.4, 0.5) is 0 Å². The van der Waals surface area contributed by atoms with Crippen molar-refractivity contribution >= 4 is 5.84 Å². The number of amidine groups is 1. The molecule has 2 unspecified atom stereocenters. The zero-order chi connectivity index (χ0) is 19.8. The van der Waals surface area contributed by atoms with E-state index in [-0.39, 0.29) is 6.10 Å². The molecule has 29 heavy (non-hydrogen) atoms. The lowest BCUT2D eigenvalue weighted by molar-refractivity contribution is -0.191. The van der Waals surface area contributed by atoms with E-state index in [1.54, 1.807) is 5.06 Å². The highest BCUT2D eigenvalue weighted by atomic mass is 16.7. The minimum absolute atomic E-state index is 0.146. The maximum absolute atomic E-state index is 6.36. The summed E-state index contributed by atoms with van der Waals surface area (Å²) >= 11 is 0. The lowest BCUT2D eigenvalue weighted by Gasteiger charge is -2.37. The van der Waals surface area contributed by atoms with Gasteiger partial charge in [-0.15, -0.1) is 0 Å². The summed E-state index contributed by atoms with van der Waals surface area (Å²) in [7, 11) is 1.88. The Kier molecular flexibility index (Phi) is 4.25. The van der Waals surface area contributed by atoms with Crippen LogP contribution < -0.4 is 9.47 Å². The normalized spacial score (nSPS) is 22.8. The van der Waals surface area contributed by atoms with Crippen molar-refractivity contribution in [1.29, 1.82) is 0 Å². The second-order valence-corrected chi connectivity index (χ2v) is 7.33. The molecule has 5 heteroatoms. The van der Waals surface area contributed by atoms with Crippen LogP contribution in [0.15, 0.2) is 83.9 Å². The van der Waals surface area contributed by atoms with Crippen LogP contribution in [0.3, 0.4) is 0 Å². The van der Waals surface area contributed by atoms with Gasteiger partial charge in [0.25, 0.3) is 0 Å². The minimum Gasteiger partial charge on any atom is -0.485 e. The number of fused-ring (bicyclic) bond motifs is 2. The maximum Gasteiger partial charge on any atom is 0.220 e. The van der Waals surface area contributed by atoms with Crippen molar-refractivity contribution in [2.24, 2.45) is 4.99 Å². The Hall–Kier alpha value is -3.31. The molecule has 1 spiro atoms. The molecule has 3 aromatic carbocycles. The van der Waals surface area contributed by atoms with E-state index in [0.29, 0.717) is 6.42 Å². The molecule has 5 nitrogen and oxygen atoms in total. The topological polar surface area (TPSA) is 43.3 Å². The molecule has 2 atom stereocenters. The largest absolute Gasteiger partial charge is 0.485 e. The number of aliphatic imine (C=N–C) groups is 1. The third kappa shape index (κ3) is 3.23. The summed E-state index contributed by atoms with van der Waals surface area (Å²) in [5.41, 5.74) is 1.15. The number of ether oxygens (including phenoxy) is 2. The Bertz CT molecular complexity index is 1050. The highest BCUT2D eigenvalue weighted by Gasteiger charge is 2.48. The molecule has 0 fully saturated rings. The molecule has 0 amide bonds.